The standard InChI is InChI=1S/C26H25Cl2F3N2O3S2/c1-18-7-10-21(11-8-18)38(35,36)33(20-9-12-24(28)22(15-20)26(29,30)31)16-25(34)32-13-4-14-37-17-19-5-2-3-6-23(19)27/h2-3,5-12,15H,4,13-14,16-17H2,1H3,(H,32,34). The molecule has 38 heavy (non-hydrogen) atoms. The van der Waals surface area contributed by atoms with Gasteiger partial charge in [-0.3, -0.25) is 9.10 Å². The maximum atomic E-state index is 13.5. The van der Waals surface area contributed by atoms with Gasteiger partial charge < -0.3 is 5.32 Å². The number of alkyl halides is 3. The molecule has 1 N–H and O–H groups in total. The van der Waals surface area contributed by atoms with Crippen LogP contribution in [0.4, 0.5) is 18.9 Å². The van der Waals surface area contributed by atoms with E-state index in [1.165, 1.54) is 12.1 Å². The molecule has 0 fully saturated rings. The normalized spacial score (nSPS) is 11.8. The Morgan fingerprint density at radius 1 is 1.00 bits per heavy atom. The number of anilines is 1. The number of sulfonamides is 1. The Hall–Kier alpha value is -2.40. The van der Waals surface area contributed by atoms with Crippen LogP contribution in [0.3, 0.4) is 0 Å². The van der Waals surface area contributed by atoms with Gasteiger partial charge in [-0.2, -0.15) is 24.9 Å². The lowest BCUT2D eigenvalue weighted by atomic mass is 10.2. The van der Waals surface area contributed by atoms with E-state index < -0.39 is 39.2 Å². The Kier molecular flexibility index (Phi) is 10.4. The van der Waals surface area contributed by atoms with Crippen molar-refractivity contribution in [1.82, 2.24) is 5.32 Å². The lowest BCUT2D eigenvalue weighted by molar-refractivity contribution is -0.137. The number of thioether (sulfide) groups is 1. The molecule has 0 heterocycles. The minimum absolute atomic E-state index is 0.157. The van der Waals surface area contributed by atoms with Crippen molar-refractivity contribution in [2.24, 2.45) is 0 Å². The van der Waals surface area contributed by atoms with Crippen LogP contribution < -0.4 is 9.62 Å². The zero-order chi connectivity index (χ0) is 27.9. The molecule has 0 atom stereocenters. The van der Waals surface area contributed by atoms with Gasteiger partial charge in [-0.25, -0.2) is 8.42 Å². The molecule has 0 aliphatic carbocycles. The summed E-state index contributed by atoms with van der Waals surface area (Å²) in [5, 5.41) is 2.75. The summed E-state index contributed by atoms with van der Waals surface area (Å²) in [5.41, 5.74) is 0.275. The SMILES string of the molecule is Cc1ccc(S(=O)(=O)N(CC(=O)NCCCSCc2ccccc2Cl)c2ccc(Cl)c(C(F)(F)F)c2)cc1. The number of carbonyl (C=O) groups excluding carboxylic acids is 1. The number of nitrogens with zero attached hydrogens (tertiary/aromatic N) is 1. The molecule has 204 valence electrons. The fourth-order valence-corrected chi connectivity index (χ4v) is 6.31. The third-order valence-electron chi connectivity index (χ3n) is 5.44. The third-order valence-corrected chi connectivity index (χ3v) is 9.02. The number of nitrogens with one attached hydrogen (secondary N) is 1. The predicted molar refractivity (Wildman–Crippen MR) is 147 cm³/mol. The van der Waals surface area contributed by atoms with Crippen molar-refractivity contribution >= 4 is 56.6 Å². The van der Waals surface area contributed by atoms with Crippen molar-refractivity contribution < 1.29 is 26.4 Å². The highest BCUT2D eigenvalue weighted by Gasteiger charge is 2.35. The maximum absolute atomic E-state index is 13.5. The van der Waals surface area contributed by atoms with Crippen molar-refractivity contribution in [2.75, 3.05) is 23.1 Å². The highest BCUT2D eigenvalue weighted by Crippen LogP contribution is 2.38. The Labute approximate surface area is 234 Å². The van der Waals surface area contributed by atoms with Gasteiger partial charge in [0.25, 0.3) is 10.0 Å². The van der Waals surface area contributed by atoms with Crippen molar-refractivity contribution in [3.8, 4) is 0 Å². The van der Waals surface area contributed by atoms with E-state index in [9.17, 15) is 26.4 Å². The summed E-state index contributed by atoms with van der Waals surface area (Å²) in [5.74, 6) is 0.761. The number of hydrogen-bond donors (Lipinski definition) is 1. The summed E-state index contributed by atoms with van der Waals surface area (Å²) >= 11 is 13.5. The fourth-order valence-electron chi connectivity index (χ4n) is 3.42. The van der Waals surface area contributed by atoms with Crippen LogP contribution in [0.25, 0.3) is 0 Å². The van der Waals surface area contributed by atoms with E-state index in [4.69, 9.17) is 23.2 Å². The van der Waals surface area contributed by atoms with E-state index in [2.05, 4.69) is 5.32 Å². The number of amides is 1. The summed E-state index contributed by atoms with van der Waals surface area (Å²) < 4.78 is 67.9. The van der Waals surface area contributed by atoms with Crippen LogP contribution in [0.1, 0.15) is 23.1 Å². The first-order chi connectivity index (χ1) is 17.9. The molecule has 0 spiro atoms. The van der Waals surface area contributed by atoms with Crippen LogP contribution in [0, 0.1) is 6.92 Å². The van der Waals surface area contributed by atoms with Gasteiger partial charge in [0.05, 0.1) is 21.2 Å². The minimum Gasteiger partial charge on any atom is -0.354 e. The molecule has 3 aromatic carbocycles. The van der Waals surface area contributed by atoms with Gasteiger partial charge in [0.1, 0.15) is 6.54 Å². The number of aryl methyl sites for hydroxylation is 1. The second kappa shape index (κ2) is 13.1. The molecule has 0 aliphatic rings. The predicted octanol–water partition coefficient (Wildman–Crippen LogP) is 6.96. The third kappa shape index (κ3) is 8.05. The summed E-state index contributed by atoms with van der Waals surface area (Å²) in [6.07, 6.45) is -4.21. The molecule has 0 saturated carbocycles. The number of rotatable bonds is 11. The summed E-state index contributed by atoms with van der Waals surface area (Å²) in [7, 11) is -4.37. The van der Waals surface area contributed by atoms with Crippen LogP contribution in [0.15, 0.2) is 71.6 Å². The molecule has 0 aromatic heterocycles. The van der Waals surface area contributed by atoms with Crippen LogP contribution in [-0.2, 0) is 26.7 Å². The number of halogens is 5. The molecule has 3 rings (SSSR count). The van der Waals surface area contributed by atoms with Crippen molar-refractivity contribution in [2.45, 2.75) is 30.2 Å². The van der Waals surface area contributed by atoms with Crippen LogP contribution >= 0.6 is 35.0 Å². The van der Waals surface area contributed by atoms with E-state index in [-0.39, 0.29) is 17.1 Å². The van der Waals surface area contributed by atoms with E-state index in [0.29, 0.717) is 33.3 Å². The Morgan fingerprint density at radius 2 is 1.68 bits per heavy atom. The summed E-state index contributed by atoms with van der Waals surface area (Å²) in [6, 6.07) is 16.0. The van der Waals surface area contributed by atoms with Gasteiger partial charge in [-0.1, -0.05) is 59.1 Å². The van der Waals surface area contributed by atoms with E-state index in [1.54, 1.807) is 30.8 Å². The van der Waals surface area contributed by atoms with Crippen LogP contribution in [0.5, 0.6) is 0 Å². The fraction of sp³-hybridized carbons (Fsp3) is 0.269. The smallest absolute Gasteiger partial charge is 0.354 e. The highest BCUT2D eigenvalue weighted by molar-refractivity contribution is 7.98. The minimum atomic E-state index is -4.81. The maximum Gasteiger partial charge on any atom is 0.417 e. The first-order valence-corrected chi connectivity index (χ1v) is 14.8. The average molecular weight is 606 g/mol. The van der Waals surface area contributed by atoms with E-state index >= 15 is 0 Å². The Morgan fingerprint density at radius 3 is 2.34 bits per heavy atom. The first kappa shape index (κ1) is 30.1. The lowest BCUT2D eigenvalue weighted by Crippen LogP contribution is -2.41. The average Bonchev–Trinajstić information content (AvgIpc) is 2.85. The zero-order valence-corrected chi connectivity index (χ0v) is 23.4. The van der Waals surface area contributed by atoms with Crippen molar-refractivity contribution in [3.63, 3.8) is 0 Å². The largest absolute Gasteiger partial charge is 0.417 e. The molecule has 1 amide bonds. The monoisotopic (exact) mass is 604 g/mol. The topological polar surface area (TPSA) is 66.5 Å². The number of hydrogen-bond acceptors (Lipinski definition) is 4. The molecule has 0 saturated heterocycles. The molecule has 0 unspecified atom stereocenters. The molecule has 5 nitrogen and oxygen atoms in total. The van der Waals surface area contributed by atoms with E-state index in [0.717, 1.165) is 23.3 Å². The quantitative estimate of drug-likeness (QED) is 0.240. The number of benzene rings is 3. The molecule has 0 bridgehead atoms. The first-order valence-electron chi connectivity index (χ1n) is 11.4. The summed E-state index contributed by atoms with van der Waals surface area (Å²) in [6.45, 7) is 1.33. The highest BCUT2D eigenvalue weighted by atomic mass is 35.5. The van der Waals surface area contributed by atoms with Crippen molar-refractivity contribution in [1.29, 1.82) is 0 Å². The lowest BCUT2D eigenvalue weighted by Gasteiger charge is -2.25. The molecule has 0 aliphatic heterocycles. The van der Waals surface area contributed by atoms with Gasteiger partial charge >= 0.3 is 6.18 Å². The second-order valence-corrected chi connectivity index (χ2v) is 12.1. The number of carbonyl (C=O) groups is 1. The van der Waals surface area contributed by atoms with Gasteiger partial charge in [-0.05, 0) is 61.1 Å². The summed E-state index contributed by atoms with van der Waals surface area (Å²) in [4.78, 5) is 12.6. The molecular weight excluding hydrogens is 580 g/mol. The molecule has 0 radical (unpaired) electrons. The van der Waals surface area contributed by atoms with Gasteiger partial charge in [-0.15, -0.1) is 0 Å². The molecular formula is C26H25Cl2F3N2O3S2. The molecule has 12 heteroatoms. The van der Waals surface area contributed by atoms with Gasteiger partial charge in [0, 0.05) is 17.3 Å². The van der Waals surface area contributed by atoms with Crippen LogP contribution in [-0.4, -0.2) is 33.2 Å². The zero-order valence-electron chi connectivity index (χ0n) is 20.3. The second-order valence-electron chi connectivity index (χ2n) is 8.33. The van der Waals surface area contributed by atoms with Crippen LogP contribution in [0.2, 0.25) is 10.0 Å². The van der Waals surface area contributed by atoms with Crippen molar-refractivity contribution in [3.05, 3.63) is 93.5 Å². The van der Waals surface area contributed by atoms with Gasteiger partial charge in [0.15, 0.2) is 0 Å². The van der Waals surface area contributed by atoms with E-state index in [1.807, 2.05) is 24.3 Å². The Bertz CT molecular complexity index is 1370. The molecule has 3 aromatic rings. The van der Waals surface area contributed by atoms with Gasteiger partial charge in [0.2, 0.25) is 5.91 Å². The Balaban J connectivity index is 1.71.